The van der Waals surface area contributed by atoms with Crippen LogP contribution >= 0.6 is 0 Å². The zero-order valence-corrected chi connectivity index (χ0v) is 12.8. The SMILES string of the molecule is COc1c2occ(C)c2cc2c(-c3ccccc3)cc(=O)oc12. The van der Waals surface area contributed by atoms with Gasteiger partial charge in [0.25, 0.3) is 0 Å². The van der Waals surface area contributed by atoms with E-state index in [1.54, 1.807) is 13.4 Å². The van der Waals surface area contributed by atoms with Crippen molar-refractivity contribution >= 4 is 21.9 Å². The maximum Gasteiger partial charge on any atom is 0.336 e. The topological polar surface area (TPSA) is 52.6 Å². The number of hydrogen-bond acceptors (Lipinski definition) is 4. The van der Waals surface area contributed by atoms with E-state index < -0.39 is 5.63 Å². The largest absolute Gasteiger partial charge is 0.490 e. The van der Waals surface area contributed by atoms with Gasteiger partial charge in [-0.3, -0.25) is 0 Å². The van der Waals surface area contributed by atoms with Gasteiger partial charge in [0.15, 0.2) is 11.2 Å². The van der Waals surface area contributed by atoms with Crippen LogP contribution in [0.5, 0.6) is 5.75 Å². The molecule has 0 atom stereocenters. The van der Waals surface area contributed by atoms with Crippen LogP contribution in [-0.4, -0.2) is 7.11 Å². The minimum Gasteiger partial charge on any atom is -0.490 e. The van der Waals surface area contributed by atoms with E-state index in [1.165, 1.54) is 6.07 Å². The zero-order valence-electron chi connectivity index (χ0n) is 12.8. The molecule has 0 radical (unpaired) electrons. The molecule has 0 fully saturated rings. The van der Waals surface area contributed by atoms with Gasteiger partial charge in [-0.1, -0.05) is 30.3 Å². The number of furan rings is 1. The Bertz CT molecular complexity index is 1070. The molecule has 4 heteroatoms. The molecule has 4 aromatic rings. The van der Waals surface area contributed by atoms with Gasteiger partial charge in [-0.15, -0.1) is 0 Å². The second-order valence-corrected chi connectivity index (χ2v) is 5.43. The molecule has 0 spiro atoms. The van der Waals surface area contributed by atoms with Crippen LogP contribution in [0.3, 0.4) is 0 Å². The second-order valence-electron chi connectivity index (χ2n) is 5.43. The minimum absolute atomic E-state index is 0.403. The number of fused-ring (bicyclic) bond motifs is 2. The second kappa shape index (κ2) is 5.02. The number of methoxy groups -OCH3 is 1. The first-order valence-corrected chi connectivity index (χ1v) is 7.27. The Morgan fingerprint density at radius 2 is 1.78 bits per heavy atom. The molecule has 2 heterocycles. The number of aryl methyl sites for hydroxylation is 1. The Hall–Kier alpha value is -3.01. The van der Waals surface area contributed by atoms with Gasteiger partial charge in [-0.2, -0.15) is 0 Å². The average Bonchev–Trinajstić information content (AvgIpc) is 2.94. The van der Waals surface area contributed by atoms with Gasteiger partial charge in [0.05, 0.1) is 13.4 Å². The van der Waals surface area contributed by atoms with Gasteiger partial charge < -0.3 is 13.6 Å². The Morgan fingerprint density at radius 1 is 1.00 bits per heavy atom. The summed E-state index contributed by atoms with van der Waals surface area (Å²) in [6.07, 6.45) is 1.67. The lowest BCUT2D eigenvalue weighted by atomic mass is 10.00. The summed E-state index contributed by atoms with van der Waals surface area (Å²) in [7, 11) is 1.54. The van der Waals surface area contributed by atoms with E-state index >= 15 is 0 Å². The number of rotatable bonds is 2. The van der Waals surface area contributed by atoms with Crippen molar-refractivity contribution in [1.82, 2.24) is 0 Å². The van der Waals surface area contributed by atoms with E-state index in [9.17, 15) is 4.79 Å². The van der Waals surface area contributed by atoms with Gasteiger partial charge >= 0.3 is 5.63 Å². The molecular weight excluding hydrogens is 292 g/mol. The Labute approximate surface area is 131 Å². The molecule has 0 unspecified atom stereocenters. The van der Waals surface area contributed by atoms with E-state index in [0.717, 1.165) is 27.5 Å². The summed E-state index contributed by atoms with van der Waals surface area (Å²) in [6.45, 7) is 1.97. The van der Waals surface area contributed by atoms with E-state index in [1.807, 2.05) is 43.3 Å². The van der Waals surface area contributed by atoms with Crippen LogP contribution in [0, 0.1) is 6.92 Å². The summed E-state index contributed by atoms with van der Waals surface area (Å²) in [5.41, 5.74) is 3.35. The maximum atomic E-state index is 12.0. The first kappa shape index (κ1) is 13.6. The highest BCUT2D eigenvalue weighted by Gasteiger charge is 2.18. The van der Waals surface area contributed by atoms with Gasteiger partial charge in [-0.05, 0) is 24.1 Å². The number of hydrogen-bond donors (Lipinski definition) is 0. The fourth-order valence-electron chi connectivity index (χ4n) is 2.91. The normalized spacial score (nSPS) is 11.2. The standard InChI is InChI=1S/C19H14O4/c1-11-10-22-17-13(11)8-15-14(12-6-4-3-5-7-12)9-16(20)23-18(15)19(17)21-2/h3-10H,1-2H3. The summed E-state index contributed by atoms with van der Waals surface area (Å²) < 4.78 is 16.5. The molecule has 0 aliphatic carbocycles. The molecule has 114 valence electrons. The lowest BCUT2D eigenvalue weighted by Crippen LogP contribution is -1.99. The molecule has 2 aromatic carbocycles. The van der Waals surface area contributed by atoms with Crippen LogP contribution in [-0.2, 0) is 0 Å². The molecule has 0 amide bonds. The van der Waals surface area contributed by atoms with Crippen molar-refractivity contribution in [2.45, 2.75) is 6.92 Å². The van der Waals surface area contributed by atoms with E-state index in [-0.39, 0.29) is 0 Å². The quantitative estimate of drug-likeness (QED) is 0.511. The van der Waals surface area contributed by atoms with Crippen LogP contribution in [0.2, 0.25) is 0 Å². The molecular formula is C19H14O4. The Kier molecular flexibility index (Phi) is 2.98. The summed E-state index contributed by atoms with van der Waals surface area (Å²) in [6, 6.07) is 13.2. The minimum atomic E-state index is -0.419. The molecule has 0 aliphatic rings. The average molecular weight is 306 g/mol. The lowest BCUT2D eigenvalue weighted by Gasteiger charge is -2.09. The summed E-state index contributed by atoms with van der Waals surface area (Å²) in [4.78, 5) is 12.0. The van der Waals surface area contributed by atoms with E-state index in [0.29, 0.717) is 16.9 Å². The predicted octanol–water partition coefficient (Wildman–Crippen LogP) is 4.52. The number of benzene rings is 2. The molecule has 23 heavy (non-hydrogen) atoms. The van der Waals surface area contributed by atoms with Crippen molar-refractivity contribution < 1.29 is 13.6 Å². The fraction of sp³-hybridized carbons (Fsp3) is 0.105. The molecule has 0 bridgehead atoms. The third-order valence-corrected chi connectivity index (χ3v) is 4.01. The summed E-state index contributed by atoms with van der Waals surface area (Å²) >= 11 is 0. The molecule has 0 saturated heterocycles. The van der Waals surface area contributed by atoms with Crippen molar-refractivity contribution in [3.05, 3.63) is 64.7 Å². The molecule has 2 aromatic heterocycles. The highest BCUT2D eigenvalue weighted by Crippen LogP contribution is 2.39. The first-order valence-electron chi connectivity index (χ1n) is 7.27. The lowest BCUT2D eigenvalue weighted by molar-refractivity contribution is 0.403. The van der Waals surface area contributed by atoms with E-state index in [2.05, 4.69) is 0 Å². The molecule has 0 N–H and O–H groups in total. The van der Waals surface area contributed by atoms with Crippen LogP contribution in [0.15, 0.2) is 62.4 Å². The summed E-state index contributed by atoms with van der Waals surface area (Å²) in [5, 5.41) is 1.77. The van der Waals surface area contributed by atoms with Crippen molar-refractivity contribution in [3.63, 3.8) is 0 Å². The highest BCUT2D eigenvalue weighted by molar-refractivity contribution is 6.06. The van der Waals surface area contributed by atoms with Crippen LogP contribution in [0.1, 0.15) is 5.56 Å². The van der Waals surface area contributed by atoms with Crippen LogP contribution in [0.25, 0.3) is 33.1 Å². The van der Waals surface area contributed by atoms with Crippen molar-refractivity contribution in [3.8, 4) is 16.9 Å². The van der Waals surface area contributed by atoms with Gasteiger partial charge in [0.2, 0.25) is 5.75 Å². The predicted molar refractivity (Wildman–Crippen MR) is 89.0 cm³/mol. The third kappa shape index (κ3) is 2.03. The first-order chi connectivity index (χ1) is 11.2. The van der Waals surface area contributed by atoms with Crippen molar-refractivity contribution in [1.29, 1.82) is 0 Å². The Morgan fingerprint density at radius 3 is 2.52 bits per heavy atom. The maximum absolute atomic E-state index is 12.0. The fourth-order valence-corrected chi connectivity index (χ4v) is 2.91. The smallest absolute Gasteiger partial charge is 0.336 e. The van der Waals surface area contributed by atoms with Gasteiger partial charge in [-0.25, -0.2) is 4.79 Å². The number of ether oxygens (including phenoxy) is 1. The van der Waals surface area contributed by atoms with Gasteiger partial charge in [0, 0.05) is 22.4 Å². The zero-order chi connectivity index (χ0) is 16.0. The third-order valence-electron chi connectivity index (χ3n) is 4.01. The van der Waals surface area contributed by atoms with Crippen molar-refractivity contribution in [2.75, 3.05) is 7.11 Å². The molecule has 0 saturated carbocycles. The van der Waals surface area contributed by atoms with Gasteiger partial charge in [0.1, 0.15) is 0 Å². The molecule has 4 nitrogen and oxygen atoms in total. The monoisotopic (exact) mass is 306 g/mol. The highest BCUT2D eigenvalue weighted by atomic mass is 16.5. The Balaban J connectivity index is 2.22. The molecule has 0 aliphatic heterocycles. The van der Waals surface area contributed by atoms with Crippen LogP contribution in [0.4, 0.5) is 0 Å². The van der Waals surface area contributed by atoms with Crippen molar-refractivity contribution in [2.24, 2.45) is 0 Å². The summed E-state index contributed by atoms with van der Waals surface area (Å²) in [5.74, 6) is 0.445. The van der Waals surface area contributed by atoms with E-state index in [4.69, 9.17) is 13.6 Å². The molecule has 4 rings (SSSR count). The van der Waals surface area contributed by atoms with Crippen LogP contribution < -0.4 is 10.4 Å².